The third-order valence-corrected chi connectivity index (χ3v) is 4.89. The summed E-state index contributed by atoms with van der Waals surface area (Å²) < 4.78 is 6.90. The Kier molecular flexibility index (Phi) is 6.73. The monoisotopic (exact) mass is 459 g/mol. The van der Waals surface area contributed by atoms with Gasteiger partial charge in [-0.2, -0.15) is 5.10 Å². The Labute approximate surface area is 188 Å². The van der Waals surface area contributed by atoms with Gasteiger partial charge in [0.25, 0.3) is 11.6 Å². The fourth-order valence-corrected chi connectivity index (χ4v) is 3.20. The summed E-state index contributed by atoms with van der Waals surface area (Å²) in [5.41, 5.74) is 1.08. The highest BCUT2D eigenvalue weighted by atomic mass is 35.5. The van der Waals surface area contributed by atoms with Crippen LogP contribution in [0.4, 0.5) is 11.4 Å². The zero-order chi connectivity index (χ0) is 23.6. The molecule has 0 aliphatic carbocycles. The second-order valence-corrected chi connectivity index (χ2v) is 8.15. The summed E-state index contributed by atoms with van der Waals surface area (Å²) in [4.78, 5) is 40.2. The van der Waals surface area contributed by atoms with Gasteiger partial charge in [0, 0.05) is 22.8 Å². The quantitative estimate of drug-likeness (QED) is 0.313. The number of nitrogens with zero attached hydrogens (tertiary/aromatic N) is 4. The predicted molar refractivity (Wildman–Crippen MR) is 119 cm³/mol. The van der Waals surface area contributed by atoms with Gasteiger partial charge in [-0.3, -0.25) is 14.9 Å². The minimum Gasteiger partial charge on any atom is -0.452 e. The van der Waals surface area contributed by atoms with Crippen LogP contribution in [0.25, 0.3) is 11.0 Å². The van der Waals surface area contributed by atoms with Crippen LogP contribution in [0.3, 0.4) is 0 Å². The molecule has 0 atom stereocenters. The summed E-state index contributed by atoms with van der Waals surface area (Å²) in [5, 5.41) is 18.5. The van der Waals surface area contributed by atoms with E-state index in [1.807, 2.05) is 27.7 Å². The number of amides is 1. The number of nitro benzene ring substituents is 1. The zero-order valence-corrected chi connectivity index (χ0v) is 18.7. The van der Waals surface area contributed by atoms with Gasteiger partial charge >= 0.3 is 5.97 Å². The van der Waals surface area contributed by atoms with Gasteiger partial charge in [-0.05, 0) is 38.0 Å². The zero-order valence-electron chi connectivity index (χ0n) is 18.0. The number of rotatable bonds is 7. The van der Waals surface area contributed by atoms with Gasteiger partial charge in [-0.1, -0.05) is 25.4 Å². The molecule has 0 aliphatic heterocycles. The van der Waals surface area contributed by atoms with Crippen LogP contribution in [0.5, 0.6) is 0 Å². The molecule has 1 amide bonds. The standard InChI is InChI=1S/C21H22ClN5O5/c1-11(2)17-8-14(15-9-23-26(12(3)4)20(15)25-17)21(29)32-10-19(28)24-16-6-5-13(22)7-18(16)27(30)31/h5-9,11-12H,10H2,1-4H3,(H,24,28). The lowest BCUT2D eigenvalue weighted by Gasteiger charge is -2.12. The van der Waals surface area contributed by atoms with Crippen molar-refractivity contribution in [3.8, 4) is 0 Å². The fraction of sp³-hybridized carbons (Fsp3) is 0.333. The van der Waals surface area contributed by atoms with E-state index in [0.29, 0.717) is 16.7 Å². The minimum atomic E-state index is -0.726. The number of halogens is 1. The molecule has 168 valence electrons. The van der Waals surface area contributed by atoms with E-state index in [9.17, 15) is 19.7 Å². The first-order chi connectivity index (χ1) is 15.1. The van der Waals surface area contributed by atoms with Crippen LogP contribution in [0.15, 0.2) is 30.5 Å². The van der Waals surface area contributed by atoms with Crippen molar-refractivity contribution in [2.45, 2.75) is 39.7 Å². The van der Waals surface area contributed by atoms with Crippen LogP contribution in [-0.4, -0.2) is 38.2 Å². The van der Waals surface area contributed by atoms with Crippen LogP contribution in [0.1, 0.15) is 55.7 Å². The smallest absolute Gasteiger partial charge is 0.339 e. The van der Waals surface area contributed by atoms with Crippen molar-refractivity contribution in [2.75, 3.05) is 11.9 Å². The lowest BCUT2D eigenvalue weighted by atomic mass is 10.1. The lowest BCUT2D eigenvalue weighted by molar-refractivity contribution is -0.383. The molecule has 0 spiro atoms. The molecular formula is C21H22ClN5O5. The SMILES string of the molecule is CC(C)c1cc(C(=O)OCC(=O)Nc2ccc(Cl)cc2[N+](=O)[O-])c2cnn(C(C)C)c2n1. The Morgan fingerprint density at radius 1 is 1.25 bits per heavy atom. The maximum Gasteiger partial charge on any atom is 0.339 e. The summed E-state index contributed by atoms with van der Waals surface area (Å²) in [6.07, 6.45) is 1.54. The highest BCUT2D eigenvalue weighted by molar-refractivity contribution is 6.31. The maximum atomic E-state index is 12.8. The Morgan fingerprint density at radius 2 is 1.97 bits per heavy atom. The van der Waals surface area contributed by atoms with E-state index in [1.54, 1.807) is 16.9 Å². The van der Waals surface area contributed by atoms with Crippen LogP contribution in [0, 0.1) is 10.1 Å². The molecule has 11 heteroatoms. The number of esters is 1. The average molecular weight is 460 g/mol. The molecule has 0 aliphatic rings. The minimum absolute atomic E-state index is 0.0345. The number of hydrogen-bond acceptors (Lipinski definition) is 7. The summed E-state index contributed by atoms with van der Waals surface area (Å²) in [6.45, 7) is 7.18. The molecule has 2 heterocycles. The van der Waals surface area contributed by atoms with Crippen molar-refractivity contribution in [3.63, 3.8) is 0 Å². The molecule has 32 heavy (non-hydrogen) atoms. The Balaban J connectivity index is 1.81. The molecule has 0 saturated carbocycles. The number of carbonyl (C=O) groups is 2. The number of hydrogen-bond donors (Lipinski definition) is 1. The molecule has 3 rings (SSSR count). The molecule has 1 aromatic carbocycles. The van der Waals surface area contributed by atoms with Crippen molar-refractivity contribution in [1.82, 2.24) is 14.8 Å². The van der Waals surface area contributed by atoms with E-state index in [4.69, 9.17) is 16.3 Å². The normalized spacial score (nSPS) is 11.2. The highest BCUT2D eigenvalue weighted by Crippen LogP contribution is 2.28. The van der Waals surface area contributed by atoms with Crippen LogP contribution in [0.2, 0.25) is 5.02 Å². The Bertz CT molecular complexity index is 1200. The number of benzene rings is 1. The molecule has 3 aromatic rings. The van der Waals surface area contributed by atoms with E-state index in [-0.39, 0.29) is 33.9 Å². The lowest BCUT2D eigenvalue weighted by Crippen LogP contribution is -2.21. The van der Waals surface area contributed by atoms with Crippen molar-refractivity contribution in [3.05, 3.63) is 56.9 Å². The van der Waals surface area contributed by atoms with E-state index in [2.05, 4.69) is 15.4 Å². The first-order valence-electron chi connectivity index (χ1n) is 9.87. The van der Waals surface area contributed by atoms with Gasteiger partial charge in [0.15, 0.2) is 12.3 Å². The maximum absolute atomic E-state index is 12.8. The Hall–Kier alpha value is -3.53. The van der Waals surface area contributed by atoms with Crippen LogP contribution >= 0.6 is 11.6 Å². The topological polar surface area (TPSA) is 129 Å². The van der Waals surface area contributed by atoms with E-state index >= 15 is 0 Å². The number of carbonyl (C=O) groups excluding carboxylic acids is 2. The summed E-state index contributed by atoms with van der Waals surface area (Å²) in [6, 6.07) is 5.50. The Morgan fingerprint density at radius 3 is 2.59 bits per heavy atom. The first kappa shape index (κ1) is 23.1. The van der Waals surface area contributed by atoms with E-state index < -0.39 is 23.4 Å². The van der Waals surface area contributed by atoms with Gasteiger partial charge < -0.3 is 10.1 Å². The molecule has 0 unspecified atom stereocenters. The number of aromatic nitrogens is 3. The van der Waals surface area contributed by atoms with Crippen LogP contribution < -0.4 is 5.32 Å². The molecular weight excluding hydrogens is 438 g/mol. The first-order valence-corrected chi connectivity index (χ1v) is 10.2. The average Bonchev–Trinajstić information content (AvgIpc) is 3.16. The van der Waals surface area contributed by atoms with Crippen molar-refractivity contribution in [1.29, 1.82) is 0 Å². The molecule has 1 N–H and O–H groups in total. The number of fused-ring (bicyclic) bond motifs is 1. The summed E-state index contributed by atoms with van der Waals surface area (Å²) in [5.74, 6) is -1.39. The fourth-order valence-electron chi connectivity index (χ4n) is 3.04. The largest absolute Gasteiger partial charge is 0.452 e. The number of nitro groups is 1. The van der Waals surface area contributed by atoms with E-state index in [1.165, 1.54) is 12.1 Å². The van der Waals surface area contributed by atoms with Gasteiger partial charge in [0.05, 0.1) is 22.1 Å². The second-order valence-electron chi connectivity index (χ2n) is 7.71. The molecule has 10 nitrogen and oxygen atoms in total. The van der Waals surface area contributed by atoms with Crippen LogP contribution in [-0.2, 0) is 9.53 Å². The van der Waals surface area contributed by atoms with Gasteiger partial charge in [0.1, 0.15) is 5.69 Å². The van der Waals surface area contributed by atoms with Crippen molar-refractivity contribution in [2.24, 2.45) is 0 Å². The number of pyridine rings is 1. The number of ether oxygens (including phenoxy) is 1. The highest BCUT2D eigenvalue weighted by Gasteiger charge is 2.22. The number of anilines is 1. The van der Waals surface area contributed by atoms with Gasteiger partial charge in [-0.15, -0.1) is 0 Å². The molecule has 2 aromatic heterocycles. The van der Waals surface area contributed by atoms with Gasteiger partial charge in [0.2, 0.25) is 0 Å². The molecule has 0 bridgehead atoms. The molecule has 0 fully saturated rings. The van der Waals surface area contributed by atoms with Crippen molar-refractivity contribution < 1.29 is 19.2 Å². The number of nitrogens with one attached hydrogen (secondary N) is 1. The molecule has 0 radical (unpaired) electrons. The third kappa shape index (κ3) is 4.86. The molecule has 0 saturated heterocycles. The predicted octanol–water partition coefficient (Wildman–Crippen LogP) is 4.49. The third-order valence-electron chi connectivity index (χ3n) is 4.65. The summed E-state index contributed by atoms with van der Waals surface area (Å²) >= 11 is 5.77. The van der Waals surface area contributed by atoms with Crippen molar-refractivity contribution >= 4 is 45.9 Å². The van der Waals surface area contributed by atoms with Gasteiger partial charge in [-0.25, -0.2) is 14.5 Å². The second kappa shape index (κ2) is 9.31. The van der Waals surface area contributed by atoms with E-state index in [0.717, 1.165) is 6.07 Å². The summed E-state index contributed by atoms with van der Waals surface area (Å²) in [7, 11) is 0.